The molecule has 0 aromatic carbocycles. The van der Waals surface area contributed by atoms with Gasteiger partial charge in [-0.3, -0.25) is 4.79 Å². The van der Waals surface area contributed by atoms with E-state index >= 15 is 0 Å². The van der Waals surface area contributed by atoms with Gasteiger partial charge in [-0.15, -0.1) is 0 Å². The van der Waals surface area contributed by atoms with Gasteiger partial charge < -0.3 is 10.6 Å². The number of Topliss-reactive ketones (excluding diaryl/α,β-unsaturated/α-hetero) is 1. The van der Waals surface area contributed by atoms with Crippen LogP contribution < -0.4 is 5.73 Å². The SMILES string of the molecule is CN(C)CC(N)C(=O)C1C2CC3CC(C2)CC1C3. The number of rotatable bonds is 4. The summed E-state index contributed by atoms with van der Waals surface area (Å²) >= 11 is 0. The molecule has 4 rings (SSSR count). The molecule has 3 nitrogen and oxygen atoms in total. The van der Waals surface area contributed by atoms with Crippen molar-refractivity contribution in [1.29, 1.82) is 0 Å². The second-order valence-corrected chi connectivity index (χ2v) is 7.23. The molecule has 0 aromatic heterocycles. The number of nitrogens with two attached hydrogens (primary N) is 1. The molecule has 4 aliphatic carbocycles. The Labute approximate surface area is 110 Å². The van der Waals surface area contributed by atoms with Crippen LogP contribution in [0.1, 0.15) is 32.1 Å². The van der Waals surface area contributed by atoms with E-state index in [2.05, 4.69) is 0 Å². The highest BCUT2D eigenvalue weighted by Gasteiger charge is 2.51. The quantitative estimate of drug-likeness (QED) is 0.823. The molecule has 4 saturated carbocycles. The van der Waals surface area contributed by atoms with Crippen molar-refractivity contribution in [2.75, 3.05) is 20.6 Å². The Morgan fingerprint density at radius 1 is 1.11 bits per heavy atom. The fourth-order valence-corrected chi connectivity index (χ4v) is 5.12. The molecule has 102 valence electrons. The molecule has 3 heteroatoms. The van der Waals surface area contributed by atoms with Gasteiger partial charge in [-0.1, -0.05) is 0 Å². The number of likely N-dealkylation sites (N-methyl/N-ethyl adjacent to an activating group) is 1. The Bertz CT molecular complexity index is 311. The average Bonchev–Trinajstić information content (AvgIpc) is 2.26. The normalized spacial score (nSPS) is 43.4. The summed E-state index contributed by atoms with van der Waals surface area (Å²) in [4.78, 5) is 14.6. The van der Waals surface area contributed by atoms with Gasteiger partial charge in [-0.05, 0) is 69.9 Å². The lowest BCUT2D eigenvalue weighted by atomic mass is 9.51. The topological polar surface area (TPSA) is 46.3 Å². The van der Waals surface area contributed by atoms with E-state index < -0.39 is 0 Å². The summed E-state index contributed by atoms with van der Waals surface area (Å²) in [6, 6.07) is -0.275. The molecule has 0 heterocycles. The zero-order valence-electron chi connectivity index (χ0n) is 11.6. The van der Waals surface area contributed by atoms with Crippen molar-refractivity contribution in [2.45, 2.75) is 38.1 Å². The van der Waals surface area contributed by atoms with Crippen LogP contribution in [0.4, 0.5) is 0 Å². The first-order valence-corrected chi connectivity index (χ1v) is 7.48. The maximum Gasteiger partial charge on any atom is 0.154 e. The van der Waals surface area contributed by atoms with Gasteiger partial charge in [-0.25, -0.2) is 0 Å². The first kappa shape index (κ1) is 12.6. The van der Waals surface area contributed by atoms with Gasteiger partial charge in [-0.2, -0.15) is 0 Å². The third-order valence-electron chi connectivity index (χ3n) is 5.48. The molecule has 1 unspecified atom stereocenters. The zero-order valence-corrected chi connectivity index (χ0v) is 11.6. The van der Waals surface area contributed by atoms with Gasteiger partial charge >= 0.3 is 0 Å². The molecular formula is C15H26N2O. The second kappa shape index (κ2) is 4.61. The van der Waals surface area contributed by atoms with Crippen LogP contribution in [0.3, 0.4) is 0 Å². The van der Waals surface area contributed by atoms with E-state index in [1.807, 2.05) is 19.0 Å². The van der Waals surface area contributed by atoms with E-state index in [9.17, 15) is 4.79 Å². The molecule has 0 spiro atoms. The van der Waals surface area contributed by atoms with Crippen LogP contribution in [-0.2, 0) is 4.79 Å². The van der Waals surface area contributed by atoms with Crippen LogP contribution in [0.25, 0.3) is 0 Å². The molecule has 4 bridgehead atoms. The highest BCUT2D eigenvalue weighted by Crippen LogP contribution is 2.56. The minimum Gasteiger partial charge on any atom is -0.320 e. The fourth-order valence-electron chi connectivity index (χ4n) is 5.12. The third kappa shape index (κ3) is 2.12. The monoisotopic (exact) mass is 250 g/mol. The third-order valence-corrected chi connectivity index (χ3v) is 5.48. The smallest absolute Gasteiger partial charge is 0.154 e. The Kier molecular flexibility index (Phi) is 3.23. The lowest BCUT2D eigenvalue weighted by molar-refractivity contribution is -0.137. The molecule has 0 aliphatic heterocycles. The van der Waals surface area contributed by atoms with E-state index in [0.29, 0.717) is 30.1 Å². The number of carbonyl (C=O) groups excluding carboxylic acids is 1. The van der Waals surface area contributed by atoms with E-state index in [-0.39, 0.29) is 6.04 Å². The number of ketones is 1. The summed E-state index contributed by atoms with van der Waals surface area (Å²) in [5, 5.41) is 0. The van der Waals surface area contributed by atoms with Crippen LogP contribution >= 0.6 is 0 Å². The van der Waals surface area contributed by atoms with Crippen LogP contribution in [0.2, 0.25) is 0 Å². The van der Waals surface area contributed by atoms with Crippen molar-refractivity contribution in [3.05, 3.63) is 0 Å². The lowest BCUT2D eigenvalue weighted by Gasteiger charge is -2.54. The zero-order chi connectivity index (χ0) is 12.9. The average molecular weight is 250 g/mol. The van der Waals surface area contributed by atoms with Crippen molar-refractivity contribution >= 4 is 5.78 Å². The van der Waals surface area contributed by atoms with Crippen molar-refractivity contribution < 1.29 is 4.79 Å². The lowest BCUT2D eigenvalue weighted by Crippen LogP contribution is -2.53. The highest BCUT2D eigenvalue weighted by atomic mass is 16.1. The summed E-state index contributed by atoms with van der Waals surface area (Å²) < 4.78 is 0. The van der Waals surface area contributed by atoms with E-state index in [0.717, 1.165) is 11.8 Å². The predicted octanol–water partition coefficient (Wildman–Crippen LogP) is 1.52. The molecule has 0 saturated heterocycles. The molecular weight excluding hydrogens is 224 g/mol. The number of hydrogen-bond donors (Lipinski definition) is 1. The van der Waals surface area contributed by atoms with E-state index in [4.69, 9.17) is 5.73 Å². The van der Waals surface area contributed by atoms with Crippen molar-refractivity contribution in [1.82, 2.24) is 4.90 Å². The van der Waals surface area contributed by atoms with Crippen molar-refractivity contribution in [3.8, 4) is 0 Å². The van der Waals surface area contributed by atoms with E-state index in [1.54, 1.807) is 0 Å². The van der Waals surface area contributed by atoms with Gasteiger partial charge in [0.25, 0.3) is 0 Å². The van der Waals surface area contributed by atoms with E-state index in [1.165, 1.54) is 32.1 Å². The number of nitrogens with zero attached hydrogens (tertiary/aromatic N) is 1. The fraction of sp³-hybridized carbons (Fsp3) is 0.933. The Balaban J connectivity index is 1.70. The van der Waals surface area contributed by atoms with Crippen LogP contribution in [-0.4, -0.2) is 37.4 Å². The Morgan fingerprint density at radius 2 is 1.61 bits per heavy atom. The maximum atomic E-state index is 12.6. The van der Waals surface area contributed by atoms with Gasteiger partial charge in [0.2, 0.25) is 0 Å². The summed E-state index contributed by atoms with van der Waals surface area (Å²) in [5.74, 6) is 3.86. The maximum absolute atomic E-state index is 12.6. The van der Waals surface area contributed by atoms with Crippen LogP contribution in [0.15, 0.2) is 0 Å². The van der Waals surface area contributed by atoms with Gasteiger partial charge in [0, 0.05) is 12.5 Å². The molecule has 18 heavy (non-hydrogen) atoms. The minimum absolute atomic E-state index is 0.275. The van der Waals surface area contributed by atoms with Gasteiger partial charge in [0.1, 0.15) is 0 Å². The van der Waals surface area contributed by atoms with Gasteiger partial charge in [0.05, 0.1) is 6.04 Å². The van der Waals surface area contributed by atoms with Gasteiger partial charge in [0.15, 0.2) is 5.78 Å². The van der Waals surface area contributed by atoms with Crippen LogP contribution in [0.5, 0.6) is 0 Å². The highest BCUT2D eigenvalue weighted by molar-refractivity contribution is 5.87. The second-order valence-electron chi connectivity index (χ2n) is 7.23. The van der Waals surface area contributed by atoms with Crippen molar-refractivity contribution in [2.24, 2.45) is 35.3 Å². The molecule has 4 fully saturated rings. The molecule has 0 aromatic rings. The van der Waals surface area contributed by atoms with Crippen LogP contribution in [0, 0.1) is 29.6 Å². The summed E-state index contributed by atoms with van der Waals surface area (Å²) in [6.07, 6.45) is 6.66. The molecule has 0 amide bonds. The number of hydrogen-bond acceptors (Lipinski definition) is 3. The molecule has 0 radical (unpaired) electrons. The largest absolute Gasteiger partial charge is 0.320 e. The first-order chi connectivity index (χ1) is 8.54. The summed E-state index contributed by atoms with van der Waals surface area (Å²) in [6.45, 7) is 0.696. The first-order valence-electron chi connectivity index (χ1n) is 7.48. The summed E-state index contributed by atoms with van der Waals surface area (Å²) in [7, 11) is 3.98. The molecule has 2 N–H and O–H groups in total. The summed E-state index contributed by atoms with van der Waals surface area (Å²) in [5.41, 5.74) is 6.11. The molecule has 1 atom stereocenters. The predicted molar refractivity (Wildman–Crippen MR) is 72.1 cm³/mol. The number of carbonyl (C=O) groups is 1. The molecule has 4 aliphatic rings. The standard InChI is InChI=1S/C15H26N2O/c1-17(2)8-13(16)15(18)14-11-4-9-3-10(6-11)7-12(14)5-9/h9-14H,3-8,16H2,1-2H3. The van der Waals surface area contributed by atoms with Crippen molar-refractivity contribution in [3.63, 3.8) is 0 Å². The Morgan fingerprint density at radius 3 is 2.06 bits per heavy atom. The minimum atomic E-state index is -0.275. The Hall–Kier alpha value is -0.410.